The number of carbonyl (C=O) groups is 2. The van der Waals surface area contributed by atoms with Crippen molar-refractivity contribution >= 4 is 40.8 Å². The van der Waals surface area contributed by atoms with Gasteiger partial charge in [-0.25, -0.2) is 19.5 Å². The predicted molar refractivity (Wildman–Crippen MR) is 123 cm³/mol. The first-order valence-electron chi connectivity index (χ1n) is 9.31. The SMILES string of the molecule is COc1ccc(CSC2=NC(C)=C(C(=O)O)C(c3ccccc3SC)N2C(=O)O)cc1. The largest absolute Gasteiger partial charge is 0.497 e. The molecule has 1 aliphatic rings. The summed E-state index contributed by atoms with van der Waals surface area (Å²) in [4.78, 5) is 30.6. The number of carboxylic acid groups (broad SMARTS) is 2. The molecule has 3 rings (SSSR count). The third-order valence-electron chi connectivity index (χ3n) is 4.79. The summed E-state index contributed by atoms with van der Waals surface area (Å²) in [6, 6.07) is 13.7. The van der Waals surface area contributed by atoms with Gasteiger partial charge >= 0.3 is 12.1 Å². The van der Waals surface area contributed by atoms with Gasteiger partial charge in [-0.15, -0.1) is 11.8 Å². The Bertz CT molecular complexity index is 1050. The van der Waals surface area contributed by atoms with Crippen LogP contribution in [0.2, 0.25) is 0 Å². The molecule has 2 N–H and O–H groups in total. The first-order valence-corrected chi connectivity index (χ1v) is 11.5. The highest BCUT2D eigenvalue weighted by molar-refractivity contribution is 8.13. The van der Waals surface area contributed by atoms with Gasteiger partial charge < -0.3 is 14.9 Å². The van der Waals surface area contributed by atoms with Crippen LogP contribution >= 0.6 is 23.5 Å². The molecular weight excluding hydrogens is 436 g/mol. The lowest BCUT2D eigenvalue weighted by molar-refractivity contribution is -0.133. The Labute approximate surface area is 188 Å². The second kappa shape index (κ2) is 9.93. The molecule has 1 atom stereocenters. The van der Waals surface area contributed by atoms with Gasteiger partial charge in [0.1, 0.15) is 11.8 Å². The third kappa shape index (κ3) is 4.88. The molecule has 162 valence electrons. The zero-order valence-corrected chi connectivity index (χ0v) is 18.9. The number of amides is 1. The standard InChI is InChI=1S/C22H22N2O5S2/c1-13-18(20(25)26)19(16-6-4-5-7-17(16)30-3)24(22(27)28)21(23-13)31-12-14-8-10-15(29-2)11-9-14/h4-11,19H,12H2,1-3H3,(H,25,26)(H,27,28). The molecule has 0 aromatic heterocycles. The molecule has 1 aliphatic heterocycles. The number of hydrogen-bond donors (Lipinski definition) is 2. The molecule has 2 aromatic carbocycles. The molecule has 0 spiro atoms. The number of aliphatic imine (C=N–C) groups is 1. The van der Waals surface area contributed by atoms with E-state index < -0.39 is 18.1 Å². The molecule has 7 nitrogen and oxygen atoms in total. The number of rotatable bonds is 6. The molecule has 0 fully saturated rings. The van der Waals surface area contributed by atoms with Crippen LogP contribution in [-0.2, 0) is 10.5 Å². The van der Waals surface area contributed by atoms with Crippen LogP contribution in [0.3, 0.4) is 0 Å². The van der Waals surface area contributed by atoms with Gasteiger partial charge in [-0.3, -0.25) is 0 Å². The van der Waals surface area contributed by atoms with E-state index in [0.717, 1.165) is 21.1 Å². The number of benzene rings is 2. The Morgan fingerprint density at radius 3 is 2.39 bits per heavy atom. The summed E-state index contributed by atoms with van der Waals surface area (Å²) in [6.45, 7) is 1.60. The van der Waals surface area contributed by atoms with Crippen LogP contribution in [0.25, 0.3) is 0 Å². The molecule has 0 saturated heterocycles. The van der Waals surface area contributed by atoms with Crippen LogP contribution in [-0.4, -0.2) is 45.7 Å². The molecule has 0 radical (unpaired) electrons. The highest BCUT2D eigenvalue weighted by atomic mass is 32.2. The summed E-state index contributed by atoms with van der Waals surface area (Å²) < 4.78 is 5.17. The number of aliphatic carboxylic acids is 1. The molecular formula is C22H22N2O5S2. The van der Waals surface area contributed by atoms with Gasteiger partial charge in [-0.05, 0) is 42.5 Å². The Morgan fingerprint density at radius 1 is 1.13 bits per heavy atom. The fraction of sp³-hybridized carbons (Fsp3) is 0.227. The van der Waals surface area contributed by atoms with Crippen LogP contribution < -0.4 is 4.74 Å². The maximum atomic E-state index is 12.3. The molecule has 1 unspecified atom stereocenters. The Morgan fingerprint density at radius 2 is 1.81 bits per heavy atom. The summed E-state index contributed by atoms with van der Waals surface area (Å²) in [5.74, 6) is 0.0151. The van der Waals surface area contributed by atoms with Crippen molar-refractivity contribution in [1.82, 2.24) is 4.90 Å². The van der Waals surface area contributed by atoms with Crippen molar-refractivity contribution in [3.05, 3.63) is 70.9 Å². The lowest BCUT2D eigenvalue weighted by Gasteiger charge is -2.35. The minimum absolute atomic E-state index is 0.0438. The normalized spacial score (nSPS) is 16.2. The molecule has 1 amide bonds. The molecule has 31 heavy (non-hydrogen) atoms. The Kier molecular flexibility index (Phi) is 7.29. The lowest BCUT2D eigenvalue weighted by Crippen LogP contribution is -2.42. The summed E-state index contributed by atoms with van der Waals surface area (Å²) in [5.41, 5.74) is 1.83. The quantitative estimate of drug-likeness (QED) is 0.581. The summed E-state index contributed by atoms with van der Waals surface area (Å²) in [7, 11) is 1.59. The van der Waals surface area contributed by atoms with Crippen molar-refractivity contribution < 1.29 is 24.5 Å². The van der Waals surface area contributed by atoms with Crippen LogP contribution in [0.5, 0.6) is 5.75 Å². The van der Waals surface area contributed by atoms with E-state index in [1.54, 1.807) is 26.2 Å². The minimum Gasteiger partial charge on any atom is -0.497 e. The van der Waals surface area contributed by atoms with E-state index in [4.69, 9.17) is 4.74 Å². The molecule has 2 aromatic rings. The molecule has 0 saturated carbocycles. The van der Waals surface area contributed by atoms with Crippen LogP contribution in [0.4, 0.5) is 4.79 Å². The van der Waals surface area contributed by atoms with Crippen molar-refractivity contribution in [2.45, 2.75) is 23.6 Å². The van der Waals surface area contributed by atoms with Gasteiger partial charge in [0.05, 0.1) is 18.4 Å². The van der Waals surface area contributed by atoms with Gasteiger partial charge in [-0.1, -0.05) is 42.1 Å². The van der Waals surface area contributed by atoms with Gasteiger partial charge in [0, 0.05) is 10.6 Å². The molecule has 9 heteroatoms. The van der Waals surface area contributed by atoms with E-state index in [2.05, 4.69) is 4.99 Å². The number of methoxy groups -OCH3 is 1. The highest BCUT2D eigenvalue weighted by Gasteiger charge is 2.40. The van der Waals surface area contributed by atoms with E-state index in [9.17, 15) is 19.8 Å². The van der Waals surface area contributed by atoms with Crippen molar-refractivity contribution in [2.24, 2.45) is 4.99 Å². The van der Waals surface area contributed by atoms with E-state index in [1.807, 2.05) is 42.7 Å². The Balaban J connectivity index is 2.03. The fourth-order valence-electron chi connectivity index (χ4n) is 3.32. The third-order valence-corrected chi connectivity index (χ3v) is 6.62. The van der Waals surface area contributed by atoms with Gasteiger partial charge in [0.25, 0.3) is 0 Å². The number of ether oxygens (including phenoxy) is 1. The van der Waals surface area contributed by atoms with Crippen LogP contribution in [0, 0.1) is 0 Å². The van der Waals surface area contributed by atoms with Gasteiger partial charge in [0.15, 0.2) is 5.17 Å². The second-order valence-electron chi connectivity index (χ2n) is 6.63. The maximum Gasteiger partial charge on any atom is 0.414 e. The Hall–Kier alpha value is -2.91. The van der Waals surface area contributed by atoms with Crippen molar-refractivity contribution in [3.63, 3.8) is 0 Å². The average molecular weight is 459 g/mol. The maximum absolute atomic E-state index is 12.3. The summed E-state index contributed by atoms with van der Waals surface area (Å²) in [5, 5.41) is 20.2. The minimum atomic E-state index is -1.26. The van der Waals surface area contributed by atoms with Gasteiger partial charge in [0.2, 0.25) is 0 Å². The zero-order chi connectivity index (χ0) is 22.5. The van der Waals surface area contributed by atoms with Gasteiger partial charge in [-0.2, -0.15) is 0 Å². The van der Waals surface area contributed by atoms with Crippen LogP contribution in [0.1, 0.15) is 24.1 Å². The van der Waals surface area contributed by atoms with Crippen molar-refractivity contribution in [3.8, 4) is 5.75 Å². The summed E-state index contributed by atoms with van der Waals surface area (Å²) >= 11 is 2.69. The molecule has 1 heterocycles. The van der Waals surface area contributed by atoms with E-state index in [0.29, 0.717) is 17.0 Å². The number of hydrogen-bond acceptors (Lipinski definition) is 6. The van der Waals surface area contributed by atoms with Crippen molar-refractivity contribution in [2.75, 3.05) is 13.4 Å². The van der Waals surface area contributed by atoms with E-state index >= 15 is 0 Å². The number of thioether (sulfide) groups is 2. The van der Waals surface area contributed by atoms with E-state index in [1.165, 1.54) is 23.5 Å². The van der Waals surface area contributed by atoms with Crippen LogP contribution in [0.15, 0.2) is 69.7 Å². The monoisotopic (exact) mass is 458 g/mol. The average Bonchev–Trinajstić information content (AvgIpc) is 2.76. The zero-order valence-electron chi connectivity index (χ0n) is 17.2. The fourth-order valence-corrected chi connectivity index (χ4v) is 4.96. The van der Waals surface area contributed by atoms with Crippen molar-refractivity contribution in [1.29, 1.82) is 0 Å². The molecule has 0 bridgehead atoms. The second-order valence-corrected chi connectivity index (χ2v) is 8.42. The number of nitrogens with zero attached hydrogens (tertiary/aromatic N) is 2. The topological polar surface area (TPSA) is 99.4 Å². The first-order chi connectivity index (χ1) is 14.9. The lowest BCUT2D eigenvalue weighted by atomic mass is 9.95. The molecule has 0 aliphatic carbocycles. The van der Waals surface area contributed by atoms with E-state index in [-0.39, 0.29) is 10.7 Å². The summed E-state index contributed by atoms with van der Waals surface area (Å²) in [6.07, 6.45) is 0.616. The smallest absolute Gasteiger partial charge is 0.414 e. The first kappa shape index (κ1) is 22.8. The number of allylic oxidation sites excluding steroid dienone is 1. The predicted octanol–water partition coefficient (Wildman–Crippen LogP) is 5.10. The number of carboxylic acids is 1. The highest BCUT2D eigenvalue weighted by Crippen LogP contribution is 2.41. The number of amidine groups is 1.